The van der Waals surface area contributed by atoms with Crippen molar-refractivity contribution in [1.29, 1.82) is 0 Å². The van der Waals surface area contributed by atoms with E-state index in [9.17, 15) is 0 Å². The predicted octanol–water partition coefficient (Wildman–Crippen LogP) is 2.42. The normalized spacial score (nSPS) is 11.1. The second kappa shape index (κ2) is 10.3. The maximum atomic E-state index is 5.44. The van der Waals surface area contributed by atoms with Crippen molar-refractivity contribution in [3.05, 3.63) is 47.7 Å². The number of hydrogen-bond donors (Lipinski definition) is 2. The third-order valence-electron chi connectivity index (χ3n) is 3.93. The Labute approximate surface area is 161 Å². The van der Waals surface area contributed by atoms with Crippen LogP contribution in [-0.4, -0.2) is 45.8 Å². The summed E-state index contributed by atoms with van der Waals surface area (Å²) in [5.74, 6) is 3.18. The zero-order valence-corrected chi connectivity index (χ0v) is 16.7. The van der Waals surface area contributed by atoms with Crippen LogP contribution < -0.4 is 25.0 Å². The molecule has 1 aromatic carbocycles. The first kappa shape index (κ1) is 20.4. The molecule has 0 unspecified atom stereocenters. The van der Waals surface area contributed by atoms with E-state index in [1.807, 2.05) is 62.3 Å². The van der Waals surface area contributed by atoms with Gasteiger partial charge < -0.3 is 25.0 Å². The summed E-state index contributed by atoms with van der Waals surface area (Å²) in [5, 5.41) is 6.58. The van der Waals surface area contributed by atoms with E-state index < -0.39 is 0 Å². The molecule has 0 saturated carbocycles. The summed E-state index contributed by atoms with van der Waals surface area (Å²) < 4.78 is 10.7. The van der Waals surface area contributed by atoms with Gasteiger partial charge in [-0.2, -0.15) is 0 Å². The number of pyridine rings is 1. The molecule has 0 amide bonds. The van der Waals surface area contributed by atoms with Crippen molar-refractivity contribution in [2.45, 2.75) is 20.0 Å². The lowest BCUT2D eigenvalue weighted by Gasteiger charge is -2.14. The third kappa shape index (κ3) is 6.06. The number of methoxy groups -OCH3 is 2. The lowest BCUT2D eigenvalue weighted by atomic mass is 10.2. The largest absolute Gasteiger partial charge is 0.497 e. The highest BCUT2D eigenvalue weighted by Gasteiger charge is 2.06. The van der Waals surface area contributed by atoms with Crippen LogP contribution in [0, 0.1) is 0 Å². The van der Waals surface area contributed by atoms with Crippen molar-refractivity contribution >= 4 is 11.8 Å². The van der Waals surface area contributed by atoms with Crippen LogP contribution in [0.3, 0.4) is 0 Å². The molecule has 0 aliphatic carbocycles. The minimum Gasteiger partial charge on any atom is -0.497 e. The first-order valence-electron chi connectivity index (χ1n) is 8.93. The van der Waals surface area contributed by atoms with Gasteiger partial charge in [-0.3, -0.25) is 0 Å². The van der Waals surface area contributed by atoms with Gasteiger partial charge in [0.15, 0.2) is 5.96 Å². The average molecular weight is 371 g/mol. The molecule has 0 bridgehead atoms. The fourth-order valence-electron chi connectivity index (χ4n) is 2.48. The molecule has 2 aromatic rings. The molecule has 7 nitrogen and oxygen atoms in total. The molecule has 1 heterocycles. The fourth-order valence-corrected chi connectivity index (χ4v) is 2.48. The van der Waals surface area contributed by atoms with Crippen LogP contribution in [-0.2, 0) is 13.1 Å². The summed E-state index contributed by atoms with van der Waals surface area (Å²) in [7, 11) is 7.24. The molecular weight excluding hydrogens is 342 g/mol. The minimum absolute atomic E-state index is 0.494. The van der Waals surface area contributed by atoms with Gasteiger partial charge in [-0.15, -0.1) is 0 Å². The van der Waals surface area contributed by atoms with Crippen LogP contribution in [0.25, 0.3) is 0 Å². The topological polar surface area (TPSA) is 71.0 Å². The van der Waals surface area contributed by atoms with Gasteiger partial charge in [0.25, 0.3) is 0 Å². The molecule has 2 rings (SSSR count). The molecule has 27 heavy (non-hydrogen) atoms. The van der Waals surface area contributed by atoms with Crippen molar-refractivity contribution in [2.24, 2.45) is 4.99 Å². The summed E-state index contributed by atoms with van der Waals surface area (Å²) >= 11 is 0. The Bertz CT molecular complexity index is 762. The van der Waals surface area contributed by atoms with Gasteiger partial charge in [0.05, 0.1) is 33.0 Å². The Morgan fingerprint density at radius 1 is 1.11 bits per heavy atom. The lowest BCUT2D eigenvalue weighted by Crippen LogP contribution is -2.37. The molecule has 0 fully saturated rings. The smallest absolute Gasteiger partial charge is 0.191 e. The summed E-state index contributed by atoms with van der Waals surface area (Å²) in [4.78, 5) is 11.3. The van der Waals surface area contributed by atoms with Gasteiger partial charge in [-0.25, -0.2) is 9.98 Å². The molecule has 0 saturated heterocycles. The molecule has 2 N–H and O–H groups in total. The van der Waals surface area contributed by atoms with Gasteiger partial charge in [0.2, 0.25) is 0 Å². The van der Waals surface area contributed by atoms with Gasteiger partial charge in [-0.05, 0) is 31.2 Å². The van der Waals surface area contributed by atoms with Crippen molar-refractivity contribution in [2.75, 3.05) is 39.8 Å². The first-order chi connectivity index (χ1) is 13.1. The van der Waals surface area contributed by atoms with E-state index in [1.54, 1.807) is 14.2 Å². The van der Waals surface area contributed by atoms with E-state index in [-0.39, 0.29) is 0 Å². The van der Waals surface area contributed by atoms with E-state index >= 15 is 0 Å². The van der Waals surface area contributed by atoms with Crippen LogP contribution in [0.2, 0.25) is 0 Å². The third-order valence-corrected chi connectivity index (χ3v) is 3.93. The number of anilines is 1. The molecule has 0 radical (unpaired) electrons. The Hall–Kier alpha value is -2.96. The monoisotopic (exact) mass is 371 g/mol. The summed E-state index contributed by atoms with van der Waals surface area (Å²) in [6.45, 7) is 3.90. The molecule has 0 atom stereocenters. The second-order valence-corrected chi connectivity index (χ2v) is 6.11. The number of guanidine groups is 1. The quantitative estimate of drug-likeness (QED) is 0.549. The van der Waals surface area contributed by atoms with Crippen LogP contribution in [0.4, 0.5) is 5.82 Å². The van der Waals surface area contributed by atoms with Crippen LogP contribution in [0.1, 0.15) is 18.2 Å². The second-order valence-electron chi connectivity index (χ2n) is 6.11. The minimum atomic E-state index is 0.494. The average Bonchev–Trinajstić information content (AvgIpc) is 2.70. The van der Waals surface area contributed by atoms with E-state index in [0.29, 0.717) is 13.1 Å². The van der Waals surface area contributed by atoms with Crippen molar-refractivity contribution < 1.29 is 9.47 Å². The van der Waals surface area contributed by atoms with Crippen molar-refractivity contribution in [1.82, 2.24) is 15.6 Å². The molecule has 7 heteroatoms. The first-order valence-corrected chi connectivity index (χ1v) is 8.93. The number of aromatic nitrogens is 1. The molecule has 0 spiro atoms. The van der Waals surface area contributed by atoms with Gasteiger partial charge in [0, 0.05) is 32.3 Å². The summed E-state index contributed by atoms with van der Waals surface area (Å²) in [5.41, 5.74) is 1.94. The van der Waals surface area contributed by atoms with Crippen LogP contribution in [0.5, 0.6) is 11.5 Å². The Balaban J connectivity index is 2.07. The summed E-state index contributed by atoms with van der Waals surface area (Å²) in [6, 6.07) is 11.7. The molecule has 0 aliphatic heterocycles. The highest BCUT2D eigenvalue weighted by molar-refractivity contribution is 5.79. The molecule has 1 aromatic heterocycles. The zero-order chi connectivity index (χ0) is 19.6. The van der Waals surface area contributed by atoms with Gasteiger partial charge in [0.1, 0.15) is 17.3 Å². The molecule has 146 valence electrons. The maximum Gasteiger partial charge on any atom is 0.191 e. The number of nitrogens with zero attached hydrogens (tertiary/aromatic N) is 3. The van der Waals surface area contributed by atoms with Gasteiger partial charge >= 0.3 is 0 Å². The van der Waals surface area contributed by atoms with Crippen molar-refractivity contribution in [3.63, 3.8) is 0 Å². The van der Waals surface area contributed by atoms with E-state index in [1.165, 1.54) is 0 Å². The number of ether oxygens (including phenoxy) is 2. The highest BCUT2D eigenvalue weighted by atomic mass is 16.5. The fraction of sp³-hybridized carbons (Fsp3) is 0.400. The number of aliphatic imine (C=N–C) groups is 1. The predicted molar refractivity (Wildman–Crippen MR) is 110 cm³/mol. The SMILES string of the molecule is CCNC(=NCc1ccc(OC)cc1OC)NCc1cccc(N(C)C)n1. The van der Waals surface area contributed by atoms with Gasteiger partial charge in [-0.1, -0.05) is 6.07 Å². The number of benzene rings is 1. The Morgan fingerprint density at radius 3 is 2.59 bits per heavy atom. The summed E-state index contributed by atoms with van der Waals surface area (Å²) in [6.07, 6.45) is 0. The Morgan fingerprint density at radius 2 is 1.93 bits per heavy atom. The number of hydrogen-bond acceptors (Lipinski definition) is 5. The van der Waals surface area contributed by atoms with Crippen LogP contribution >= 0.6 is 0 Å². The van der Waals surface area contributed by atoms with E-state index in [2.05, 4.69) is 20.6 Å². The standard InChI is InChI=1S/C20H29N5O2/c1-6-21-20(23-14-16-8-7-9-19(24-16)25(2)3)22-13-15-10-11-17(26-4)12-18(15)27-5/h7-12H,6,13-14H2,1-5H3,(H2,21,22,23). The maximum absolute atomic E-state index is 5.44. The molecular formula is C20H29N5O2. The molecule has 0 aliphatic rings. The zero-order valence-electron chi connectivity index (χ0n) is 16.7. The van der Waals surface area contributed by atoms with Crippen LogP contribution in [0.15, 0.2) is 41.4 Å². The number of rotatable bonds is 8. The van der Waals surface area contributed by atoms with E-state index in [0.717, 1.165) is 41.1 Å². The van der Waals surface area contributed by atoms with E-state index in [4.69, 9.17) is 9.47 Å². The Kier molecular flexibility index (Phi) is 7.73. The number of nitrogens with one attached hydrogen (secondary N) is 2. The lowest BCUT2D eigenvalue weighted by molar-refractivity contribution is 0.391. The highest BCUT2D eigenvalue weighted by Crippen LogP contribution is 2.25. The van der Waals surface area contributed by atoms with Crippen molar-refractivity contribution in [3.8, 4) is 11.5 Å².